The summed E-state index contributed by atoms with van der Waals surface area (Å²) in [5.41, 5.74) is 4.44. The summed E-state index contributed by atoms with van der Waals surface area (Å²) in [6, 6.07) is 5.41. The lowest BCUT2D eigenvalue weighted by Gasteiger charge is -2.32. The molecular weight excluding hydrogens is 706 g/mol. The lowest BCUT2D eigenvalue weighted by molar-refractivity contribution is -0.159. The van der Waals surface area contributed by atoms with E-state index in [0.717, 1.165) is 5.56 Å². The van der Waals surface area contributed by atoms with Gasteiger partial charge >= 0.3 is 23.9 Å². The zero-order chi connectivity index (χ0) is 42.2. The van der Waals surface area contributed by atoms with Gasteiger partial charge in [0.1, 0.15) is 28.9 Å². The second-order valence-corrected chi connectivity index (χ2v) is 18.0. The molecule has 0 aliphatic heterocycles. The van der Waals surface area contributed by atoms with Crippen molar-refractivity contribution in [2.75, 3.05) is 6.54 Å². The Morgan fingerprint density at radius 1 is 0.618 bits per heavy atom. The molecule has 1 rings (SSSR count). The number of hydrogen-bond donors (Lipinski definition) is 5. The predicted molar refractivity (Wildman–Crippen MR) is 212 cm³/mol. The number of ether oxygens (including phenoxy) is 3. The van der Waals surface area contributed by atoms with Crippen molar-refractivity contribution in [3.8, 4) is 0 Å². The molecule has 1 aromatic carbocycles. The Morgan fingerprint density at radius 3 is 1.65 bits per heavy atom. The maximum absolute atomic E-state index is 13.4. The molecule has 14 heteroatoms. The van der Waals surface area contributed by atoms with Gasteiger partial charge in [-0.25, -0.2) is 9.59 Å². The summed E-state index contributed by atoms with van der Waals surface area (Å²) in [4.78, 5) is 77.2. The number of hydrogen-bond acceptors (Lipinski definition) is 10. The predicted octanol–water partition coefficient (Wildman–Crippen LogP) is 5.00. The number of unbranched alkanes of at least 4 members (excludes halogenated alkanes) is 1. The first kappa shape index (κ1) is 48.8. The number of esters is 3. The lowest BCUT2D eigenvalue weighted by atomic mass is 9.84. The number of carbonyl (C=O) groups excluding carboxylic acids is 6. The molecule has 0 aliphatic rings. The summed E-state index contributed by atoms with van der Waals surface area (Å²) >= 11 is 0. The highest BCUT2D eigenvalue weighted by Gasteiger charge is 2.31. The maximum Gasteiger partial charge on any atom is 0.329 e. The third kappa shape index (κ3) is 22.7. The molecule has 312 valence electrons. The van der Waals surface area contributed by atoms with Gasteiger partial charge in [-0.05, 0) is 105 Å². The van der Waals surface area contributed by atoms with Crippen LogP contribution in [0.5, 0.6) is 0 Å². The van der Waals surface area contributed by atoms with Gasteiger partial charge in [0.25, 0.3) is 0 Å². The number of urea groups is 1. The van der Waals surface area contributed by atoms with Crippen LogP contribution < -0.4 is 27.0 Å². The molecule has 0 radical (unpaired) electrons. The third-order valence-electron chi connectivity index (χ3n) is 7.96. The average molecular weight is 776 g/mol. The van der Waals surface area contributed by atoms with Gasteiger partial charge in [-0.2, -0.15) is 0 Å². The summed E-state index contributed by atoms with van der Waals surface area (Å²) in [6.45, 7) is 22.0. The fourth-order valence-electron chi connectivity index (χ4n) is 5.30. The molecule has 55 heavy (non-hydrogen) atoms. The molecule has 0 aromatic heterocycles. The van der Waals surface area contributed by atoms with Crippen molar-refractivity contribution in [1.82, 2.24) is 21.3 Å². The quantitative estimate of drug-likeness (QED) is 0.0723. The zero-order valence-corrected chi connectivity index (χ0v) is 35.3. The fourth-order valence-corrected chi connectivity index (χ4v) is 5.30. The van der Waals surface area contributed by atoms with Crippen molar-refractivity contribution >= 4 is 35.8 Å². The maximum atomic E-state index is 13.4. The number of nitrogens with one attached hydrogen (secondary N) is 4. The zero-order valence-electron chi connectivity index (χ0n) is 35.3. The highest BCUT2D eigenvalue weighted by molar-refractivity contribution is 5.90. The van der Waals surface area contributed by atoms with Crippen LogP contribution in [-0.4, -0.2) is 83.3 Å². The van der Waals surface area contributed by atoms with Crippen molar-refractivity contribution in [3.05, 3.63) is 35.9 Å². The van der Waals surface area contributed by atoms with E-state index < -0.39 is 64.8 Å². The molecule has 14 nitrogen and oxygen atoms in total. The highest BCUT2D eigenvalue weighted by atomic mass is 16.6. The van der Waals surface area contributed by atoms with Crippen LogP contribution in [-0.2, 0) is 44.6 Å². The Kier molecular flexibility index (Phi) is 19.3. The van der Waals surface area contributed by atoms with E-state index in [1.165, 1.54) is 0 Å². The molecule has 4 atom stereocenters. The van der Waals surface area contributed by atoms with E-state index in [1.54, 1.807) is 62.3 Å². The minimum Gasteiger partial charge on any atom is -0.460 e. The molecule has 6 N–H and O–H groups in total. The second kappa shape index (κ2) is 21.8. The smallest absolute Gasteiger partial charge is 0.329 e. The van der Waals surface area contributed by atoms with Gasteiger partial charge < -0.3 is 41.2 Å². The number of carbonyl (C=O) groups is 6. The summed E-state index contributed by atoms with van der Waals surface area (Å²) in [7, 11) is 0. The van der Waals surface area contributed by atoms with E-state index in [0.29, 0.717) is 25.8 Å². The van der Waals surface area contributed by atoms with Crippen molar-refractivity contribution in [2.45, 2.75) is 175 Å². The second-order valence-electron chi connectivity index (χ2n) is 18.0. The fraction of sp³-hybridized carbons (Fsp3) is 0.707. The van der Waals surface area contributed by atoms with Gasteiger partial charge in [-0.1, -0.05) is 51.1 Å². The van der Waals surface area contributed by atoms with Gasteiger partial charge in [0, 0.05) is 31.8 Å². The molecule has 4 amide bonds. The van der Waals surface area contributed by atoms with Crippen LogP contribution in [0, 0.1) is 5.41 Å². The first-order valence-corrected chi connectivity index (χ1v) is 19.3. The first-order chi connectivity index (χ1) is 25.1. The van der Waals surface area contributed by atoms with E-state index in [1.807, 2.05) is 51.1 Å². The van der Waals surface area contributed by atoms with Crippen molar-refractivity contribution in [1.29, 1.82) is 0 Å². The van der Waals surface area contributed by atoms with E-state index in [4.69, 9.17) is 19.9 Å². The Labute approximate surface area is 328 Å². The summed E-state index contributed by atoms with van der Waals surface area (Å²) < 4.78 is 16.2. The number of benzene rings is 1. The molecule has 0 saturated heterocycles. The van der Waals surface area contributed by atoms with Gasteiger partial charge in [0.2, 0.25) is 11.8 Å². The van der Waals surface area contributed by atoms with Crippen molar-refractivity contribution in [3.63, 3.8) is 0 Å². The molecule has 0 spiro atoms. The number of amides is 4. The summed E-state index contributed by atoms with van der Waals surface area (Å²) in [5.74, 6) is -2.52. The molecule has 0 fully saturated rings. The lowest BCUT2D eigenvalue weighted by Crippen LogP contribution is -2.53. The number of rotatable bonds is 19. The Bertz CT molecular complexity index is 1410. The molecule has 0 saturated carbocycles. The van der Waals surface area contributed by atoms with Gasteiger partial charge in [0.05, 0.1) is 6.04 Å². The van der Waals surface area contributed by atoms with E-state index in [-0.39, 0.29) is 49.5 Å². The van der Waals surface area contributed by atoms with Crippen LogP contribution in [0.25, 0.3) is 0 Å². The Balaban J connectivity index is 2.84. The normalized spacial score (nSPS) is 14.3. The summed E-state index contributed by atoms with van der Waals surface area (Å²) in [5, 5.41) is 11.4. The van der Waals surface area contributed by atoms with E-state index >= 15 is 0 Å². The minimum absolute atomic E-state index is 0.000862. The molecule has 0 bridgehead atoms. The van der Waals surface area contributed by atoms with Crippen molar-refractivity contribution in [2.24, 2.45) is 11.1 Å². The van der Waals surface area contributed by atoms with Crippen LogP contribution in [0.3, 0.4) is 0 Å². The third-order valence-corrected chi connectivity index (χ3v) is 7.96. The van der Waals surface area contributed by atoms with E-state index in [9.17, 15) is 28.8 Å². The summed E-state index contributed by atoms with van der Waals surface area (Å²) in [6.07, 6.45) is 1.97. The first-order valence-electron chi connectivity index (χ1n) is 19.3. The molecule has 0 unspecified atom stereocenters. The SMILES string of the molecule is CC(C)(C)OC(=O)CC[C@H](NC(=O)N[C@@H](CCCCNC(=O)[C@H](Cc1ccccc1)NC(=O)[C@@H](N)CCC(=O)OC(C)(C)C)C(C)(C)C)C(=O)OC(C)(C)C. The Morgan fingerprint density at radius 2 is 1.15 bits per heavy atom. The highest BCUT2D eigenvalue weighted by Crippen LogP contribution is 2.24. The molecule has 0 aliphatic carbocycles. The van der Waals surface area contributed by atoms with E-state index in [2.05, 4.69) is 21.3 Å². The topological polar surface area (TPSA) is 204 Å². The van der Waals surface area contributed by atoms with Crippen LogP contribution >= 0.6 is 0 Å². The van der Waals surface area contributed by atoms with Crippen molar-refractivity contribution < 1.29 is 43.0 Å². The number of nitrogens with two attached hydrogens (primary N) is 1. The van der Waals surface area contributed by atoms with Crippen LogP contribution in [0.2, 0.25) is 0 Å². The van der Waals surface area contributed by atoms with Gasteiger partial charge in [0.15, 0.2) is 0 Å². The van der Waals surface area contributed by atoms with Crippen LogP contribution in [0.4, 0.5) is 4.79 Å². The largest absolute Gasteiger partial charge is 0.460 e. The molecule has 0 heterocycles. The monoisotopic (exact) mass is 776 g/mol. The van der Waals surface area contributed by atoms with Crippen LogP contribution in [0.1, 0.15) is 134 Å². The van der Waals surface area contributed by atoms with Gasteiger partial charge in [-0.3, -0.25) is 19.2 Å². The molecule has 1 aromatic rings. The minimum atomic E-state index is -1.08. The van der Waals surface area contributed by atoms with Crippen LogP contribution in [0.15, 0.2) is 30.3 Å². The molecular formula is C41H69N5O9. The van der Waals surface area contributed by atoms with Gasteiger partial charge in [-0.15, -0.1) is 0 Å². The average Bonchev–Trinajstić information content (AvgIpc) is 3.01. The standard InChI is InChI=1S/C41H69N5O9/c1-38(2,3)31(46-37(52)45-29(36(51)55-41(10,11)12)22-24-33(48)54-40(7,8)9)20-16-17-25-43-35(50)30(26-27-18-14-13-15-19-27)44-34(49)28(42)21-23-32(47)53-39(4,5)6/h13-15,18-19,28-31H,16-17,20-26,42H2,1-12H3,(H,43,50)(H,44,49)(H2,45,46,52)/t28-,29-,30-,31-/m0/s1. The Hall–Kier alpha value is -4.20.